The fraction of sp³-hybridized carbons (Fsp3) is 0.333. The summed E-state index contributed by atoms with van der Waals surface area (Å²) >= 11 is 1.52. The maximum atomic E-state index is 12.5. The number of methoxy groups -OCH3 is 2. The molecule has 1 N–H and O–H groups in total. The number of carbonyl (C=O) groups is 1. The Hall–Kier alpha value is -3.88. The highest BCUT2D eigenvalue weighted by Crippen LogP contribution is 2.28. The SMILES string of the molecule is COc1ccc(CCN(Cc2ccc(OCc3ccccc3)cc2)Cc2nc(C(=O)NCC(C)C)cs2)cc1OC. The van der Waals surface area contributed by atoms with Crippen LogP contribution in [0.3, 0.4) is 0 Å². The number of ether oxygens (including phenoxy) is 3. The van der Waals surface area contributed by atoms with E-state index >= 15 is 0 Å². The minimum atomic E-state index is -0.121. The molecule has 0 bridgehead atoms. The lowest BCUT2D eigenvalue weighted by molar-refractivity contribution is 0.0944. The van der Waals surface area contributed by atoms with Crippen molar-refractivity contribution in [1.29, 1.82) is 0 Å². The minimum Gasteiger partial charge on any atom is -0.493 e. The minimum absolute atomic E-state index is 0.121. The van der Waals surface area contributed by atoms with Crippen LogP contribution in [0, 0.1) is 5.92 Å². The highest BCUT2D eigenvalue weighted by atomic mass is 32.1. The van der Waals surface area contributed by atoms with Gasteiger partial charge >= 0.3 is 0 Å². The molecule has 0 atom stereocenters. The molecule has 41 heavy (non-hydrogen) atoms. The van der Waals surface area contributed by atoms with Gasteiger partial charge in [0.2, 0.25) is 0 Å². The zero-order valence-electron chi connectivity index (χ0n) is 24.3. The van der Waals surface area contributed by atoms with Gasteiger partial charge in [-0.25, -0.2) is 4.98 Å². The highest BCUT2D eigenvalue weighted by molar-refractivity contribution is 7.09. The summed E-state index contributed by atoms with van der Waals surface area (Å²) in [5.74, 6) is 2.54. The van der Waals surface area contributed by atoms with Crippen LogP contribution in [-0.4, -0.2) is 43.1 Å². The van der Waals surface area contributed by atoms with E-state index in [1.54, 1.807) is 14.2 Å². The average Bonchev–Trinajstić information content (AvgIpc) is 3.47. The first-order chi connectivity index (χ1) is 19.9. The van der Waals surface area contributed by atoms with Crippen LogP contribution in [0.4, 0.5) is 0 Å². The van der Waals surface area contributed by atoms with Gasteiger partial charge in [0, 0.05) is 25.0 Å². The number of amides is 1. The molecule has 0 unspecified atom stereocenters. The fourth-order valence-electron chi connectivity index (χ4n) is 4.29. The maximum absolute atomic E-state index is 12.5. The van der Waals surface area contributed by atoms with Crippen LogP contribution in [0.15, 0.2) is 78.2 Å². The van der Waals surface area contributed by atoms with Gasteiger partial charge in [-0.3, -0.25) is 9.69 Å². The smallest absolute Gasteiger partial charge is 0.270 e. The zero-order chi connectivity index (χ0) is 29.0. The van der Waals surface area contributed by atoms with Crippen molar-refractivity contribution in [2.24, 2.45) is 5.92 Å². The predicted molar refractivity (Wildman–Crippen MR) is 164 cm³/mol. The first-order valence-electron chi connectivity index (χ1n) is 13.8. The van der Waals surface area contributed by atoms with E-state index in [-0.39, 0.29) is 5.91 Å². The van der Waals surface area contributed by atoms with E-state index in [1.807, 2.05) is 47.8 Å². The van der Waals surface area contributed by atoms with E-state index < -0.39 is 0 Å². The third kappa shape index (κ3) is 9.33. The molecule has 0 saturated carbocycles. The lowest BCUT2D eigenvalue weighted by Crippen LogP contribution is -2.28. The van der Waals surface area contributed by atoms with Crippen molar-refractivity contribution >= 4 is 17.2 Å². The summed E-state index contributed by atoms with van der Waals surface area (Å²) in [6, 6.07) is 24.4. The Kier molecular flexibility index (Phi) is 11.2. The summed E-state index contributed by atoms with van der Waals surface area (Å²) < 4.78 is 16.9. The Labute approximate surface area is 247 Å². The second kappa shape index (κ2) is 15.2. The van der Waals surface area contributed by atoms with Crippen LogP contribution in [0.2, 0.25) is 0 Å². The fourth-order valence-corrected chi connectivity index (χ4v) is 5.11. The molecule has 0 spiro atoms. The number of thiazole rings is 1. The Morgan fingerprint density at radius 2 is 1.63 bits per heavy atom. The average molecular weight is 574 g/mol. The summed E-state index contributed by atoms with van der Waals surface area (Å²) in [5, 5.41) is 5.71. The molecule has 4 aromatic rings. The van der Waals surface area contributed by atoms with Crippen molar-refractivity contribution < 1.29 is 19.0 Å². The third-order valence-electron chi connectivity index (χ3n) is 6.56. The van der Waals surface area contributed by atoms with E-state index in [0.717, 1.165) is 47.1 Å². The lowest BCUT2D eigenvalue weighted by Gasteiger charge is -2.22. The van der Waals surface area contributed by atoms with Gasteiger partial charge in [0.25, 0.3) is 5.91 Å². The number of aromatic nitrogens is 1. The van der Waals surface area contributed by atoms with E-state index in [4.69, 9.17) is 14.2 Å². The molecule has 1 aromatic heterocycles. The van der Waals surface area contributed by atoms with Crippen molar-refractivity contribution in [3.8, 4) is 17.2 Å². The van der Waals surface area contributed by atoms with Gasteiger partial charge in [-0.15, -0.1) is 11.3 Å². The summed E-state index contributed by atoms with van der Waals surface area (Å²) in [6.07, 6.45) is 0.825. The maximum Gasteiger partial charge on any atom is 0.270 e. The van der Waals surface area contributed by atoms with Crippen molar-refractivity contribution in [3.63, 3.8) is 0 Å². The van der Waals surface area contributed by atoms with E-state index in [9.17, 15) is 4.79 Å². The normalized spacial score (nSPS) is 11.1. The van der Waals surface area contributed by atoms with Crippen LogP contribution >= 0.6 is 11.3 Å². The predicted octanol–water partition coefficient (Wildman–Crippen LogP) is 6.37. The number of carbonyl (C=O) groups excluding carboxylic acids is 1. The van der Waals surface area contributed by atoms with Crippen molar-refractivity contribution in [1.82, 2.24) is 15.2 Å². The van der Waals surface area contributed by atoms with Crippen molar-refractivity contribution in [2.45, 2.75) is 40.0 Å². The Morgan fingerprint density at radius 3 is 2.34 bits per heavy atom. The van der Waals surface area contributed by atoms with Gasteiger partial charge in [0.1, 0.15) is 23.1 Å². The van der Waals surface area contributed by atoms with Crippen LogP contribution < -0.4 is 19.5 Å². The summed E-state index contributed by atoms with van der Waals surface area (Å²) in [4.78, 5) is 19.5. The van der Waals surface area contributed by atoms with Crippen molar-refractivity contribution in [3.05, 3.63) is 106 Å². The molecular weight excluding hydrogens is 534 g/mol. The Bertz CT molecular complexity index is 1370. The molecule has 4 rings (SSSR count). The van der Waals surface area contributed by atoms with E-state index in [1.165, 1.54) is 16.9 Å². The molecule has 8 heteroatoms. The molecule has 1 amide bonds. The monoisotopic (exact) mass is 573 g/mol. The molecule has 1 heterocycles. The van der Waals surface area contributed by atoms with Gasteiger partial charge < -0.3 is 19.5 Å². The number of hydrogen-bond acceptors (Lipinski definition) is 7. The molecular formula is C33H39N3O4S. The van der Waals surface area contributed by atoms with Gasteiger partial charge in [-0.05, 0) is 53.3 Å². The summed E-state index contributed by atoms with van der Waals surface area (Å²) in [7, 11) is 3.29. The Morgan fingerprint density at radius 1 is 0.902 bits per heavy atom. The molecule has 0 aliphatic rings. The Balaban J connectivity index is 1.43. The first kappa shape index (κ1) is 30.1. The third-order valence-corrected chi connectivity index (χ3v) is 7.39. The second-order valence-electron chi connectivity index (χ2n) is 10.3. The van der Waals surface area contributed by atoms with Gasteiger partial charge in [0.05, 0.1) is 20.8 Å². The molecule has 0 aliphatic carbocycles. The van der Waals surface area contributed by atoms with Gasteiger partial charge in [-0.2, -0.15) is 0 Å². The topological polar surface area (TPSA) is 72.9 Å². The number of nitrogens with zero attached hydrogens (tertiary/aromatic N) is 2. The van der Waals surface area contributed by atoms with Gasteiger partial charge in [0.15, 0.2) is 11.5 Å². The van der Waals surface area contributed by atoms with E-state index in [2.05, 4.69) is 59.4 Å². The summed E-state index contributed by atoms with van der Waals surface area (Å²) in [6.45, 7) is 7.50. The lowest BCUT2D eigenvalue weighted by atomic mass is 10.1. The van der Waals surface area contributed by atoms with Crippen LogP contribution in [-0.2, 0) is 26.1 Å². The zero-order valence-corrected chi connectivity index (χ0v) is 25.1. The van der Waals surface area contributed by atoms with Crippen LogP contribution in [0.1, 0.15) is 46.0 Å². The van der Waals surface area contributed by atoms with Crippen LogP contribution in [0.25, 0.3) is 0 Å². The van der Waals surface area contributed by atoms with Crippen molar-refractivity contribution in [2.75, 3.05) is 27.3 Å². The van der Waals surface area contributed by atoms with E-state index in [0.29, 0.717) is 37.1 Å². The molecule has 7 nitrogen and oxygen atoms in total. The number of rotatable bonds is 15. The number of nitrogens with one attached hydrogen (secondary N) is 1. The summed E-state index contributed by atoms with van der Waals surface area (Å²) in [5.41, 5.74) is 3.95. The number of hydrogen-bond donors (Lipinski definition) is 1. The quantitative estimate of drug-likeness (QED) is 0.178. The second-order valence-corrected chi connectivity index (χ2v) is 11.2. The largest absolute Gasteiger partial charge is 0.493 e. The first-order valence-corrected chi connectivity index (χ1v) is 14.7. The standard InChI is InChI=1S/C33H39N3O4S/c1-24(2)19-34-33(37)29-23-41-32(35-29)21-36(17-16-25-12-15-30(38-3)31(18-25)39-4)20-26-10-13-28(14-11-26)40-22-27-8-6-5-7-9-27/h5-15,18,23-24H,16-17,19-22H2,1-4H3,(H,34,37). The molecule has 216 valence electrons. The molecule has 0 fully saturated rings. The molecule has 3 aromatic carbocycles. The van der Waals surface area contributed by atoms with Gasteiger partial charge in [-0.1, -0.05) is 62.4 Å². The van der Waals surface area contributed by atoms with Crippen LogP contribution in [0.5, 0.6) is 17.2 Å². The molecule has 0 aliphatic heterocycles. The molecule has 0 radical (unpaired) electrons. The highest BCUT2D eigenvalue weighted by Gasteiger charge is 2.15. The number of benzene rings is 3. The molecule has 0 saturated heterocycles.